The summed E-state index contributed by atoms with van der Waals surface area (Å²) in [5.41, 5.74) is 1.89. The largest absolute Gasteiger partial charge is 0.394 e. The molecule has 0 unspecified atom stereocenters. The zero-order valence-corrected chi connectivity index (χ0v) is 13.4. The molecule has 0 radical (unpaired) electrons. The molecule has 1 amide bonds. The first-order chi connectivity index (χ1) is 11.2. The Hall–Kier alpha value is -2.51. The van der Waals surface area contributed by atoms with E-state index in [9.17, 15) is 9.90 Å². The van der Waals surface area contributed by atoms with Crippen LogP contribution in [0.5, 0.6) is 0 Å². The predicted molar refractivity (Wildman–Crippen MR) is 89.6 cm³/mol. The van der Waals surface area contributed by atoms with Crippen LogP contribution < -0.4 is 5.32 Å². The van der Waals surface area contributed by atoms with E-state index in [2.05, 4.69) is 15.4 Å². The van der Waals surface area contributed by atoms with Gasteiger partial charge in [0.25, 0.3) is 5.91 Å². The topological polar surface area (TPSA) is 80.0 Å². The van der Waals surface area contributed by atoms with E-state index in [1.165, 1.54) is 0 Å². The van der Waals surface area contributed by atoms with Gasteiger partial charge >= 0.3 is 0 Å². The number of rotatable bonds is 5. The molecule has 7 heteroatoms. The van der Waals surface area contributed by atoms with Crippen molar-refractivity contribution in [3.63, 3.8) is 0 Å². The van der Waals surface area contributed by atoms with Gasteiger partial charge in [-0.25, -0.2) is 9.67 Å². The van der Waals surface area contributed by atoms with Crippen molar-refractivity contribution in [3.8, 4) is 10.6 Å². The molecule has 0 saturated carbocycles. The second-order valence-corrected chi connectivity index (χ2v) is 5.90. The molecule has 2 N–H and O–H groups in total. The summed E-state index contributed by atoms with van der Waals surface area (Å²) in [5, 5.41) is 18.4. The highest BCUT2D eigenvalue weighted by atomic mass is 32.1. The summed E-state index contributed by atoms with van der Waals surface area (Å²) in [6.07, 6.45) is 0. The normalized spacial score (nSPS) is 10.7. The number of thiophene rings is 1. The van der Waals surface area contributed by atoms with Crippen LogP contribution in [0.1, 0.15) is 16.2 Å². The molecular weight excluding hydrogens is 312 g/mol. The van der Waals surface area contributed by atoms with Gasteiger partial charge in [0.2, 0.25) is 0 Å². The zero-order valence-electron chi connectivity index (χ0n) is 12.6. The number of nitrogens with zero attached hydrogens (tertiary/aromatic N) is 3. The third-order valence-corrected chi connectivity index (χ3v) is 4.12. The number of aliphatic hydroxyl groups is 1. The molecule has 0 fully saturated rings. The Bertz CT molecular complexity index is 811. The second-order valence-electron chi connectivity index (χ2n) is 4.96. The molecule has 0 aliphatic carbocycles. The summed E-state index contributed by atoms with van der Waals surface area (Å²) < 4.78 is 1.59. The fourth-order valence-corrected chi connectivity index (χ4v) is 2.86. The Kier molecular flexibility index (Phi) is 4.50. The number of carbonyl (C=O) groups is 1. The van der Waals surface area contributed by atoms with Gasteiger partial charge in [-0.15, -0.1) is 11.3 Å². The quantitative estimate of drug-likeness (QED) is 0.754. The lowest BCUT2D eigenvalue weighted by Crippen LogP contribution is -2.18. The predicted octanol–water partition coefficient (Wildman–Crippen LogP) is 2.56. The van der Waals surface area contributed by atoms with E-state index in [1.54, 1.807) is 34.2 Å². The smallest absolute Gasteiger partial charge is 0.275 e. The van der Waals surface area contributed by atoms with Gasteiger partial charge in [0.15, 0.2) is 0 Å². The summed E-state index contributed by atoms with van der Waals surface area (Å²) in [6.45, 7) is 2.08. The van der Waals surface area contributed by atoms with E-state index in [1.807, 2.05) is 30.5 Å². The molecule has 0 aliphatic heterocycles. The fraction of sp³-hybridized carbons (Fsp3) is 0.188. The molecule has 118 valence electrons. The summed E-state index contributed by atoms with van der Waals surface area (Å²) in [7, 11) is 0. The maximum atomic E-state index is 12.3. The first-order valence-electron chi connectivity index (χ1n) is 7.15. The van der Waals surface area contributed by atoms with Crippen LogP contribution in [0, 0.1) is 6.92 Å². The summed E-state index contributed by atoms with van der Waals surface area (Å²) in [4.78, 5) is 17.6. The van der Waals surface area contributed by atoms with Crippen molar-refractivity contribution in [1.82, 2.24) is 14.8 Å². The molecule has 0 saturated heterocycles. The average molecular weight is 328 g/mol. The lowest BCUT2D eigenvalue weighted by Gasteiger charge is -2.07. The van der Waals surface area contributed by atoms with E-state index in [-0.39, 0.29) is 12.5 Å². The number of nitrogens with one attached hydrogen (secondary N) is 1. The Morgan fingerprint density at radius 2 is 2.22 bits per heavy atom. The van der Waals surface area contributed by atoms with Crippen molar-refractivity contribution in [2.24, 2.45) is 0 Å². The van der Waals surface area contributed by atoms with Gasteiger partial charge in [-0.05, 0) is 30.5 Å². The number of hydrogen-bond acceptors (Lipinski definition) is 5. The highest BCUT2D eigenvalue weighted by Gasteiger charge is 2.14. The van der Waals surface area contributed by atoms with E-state index in [4.69, 9.17) is 0 Å². The molecule has 0 atom stereocenters. The number of aliphatic hydroxyl groups excluding tert-OH is 1. The van der Waals surface area contributed by atoms with E-state index in [0.29, 0.717) is 18.1 Å². The monoisotopic (exact) mass is 328 g/mol. The number of pyridine rings is 1. The van der Waals surface area contributed by atoms with Crippen LogP contribution in [0.25, 0.3) is 10.6 Å². The van der Waals surface area contributed by atoms with Crippen LogP contribution in [-0.4, -0.2) is 32.4 Å². The van der Waals surface area contributed by atoms with Crippen LogP contribution in [0.3, 0.4) is 0 Å². The van der Waals surface area contributed by atoms with Crippen LogP contribution in [0.4, 0.5) is 5.82 Å². The van der Waals surface area contributed by atoms with E-state index < -0.39 is 0 Å². The molecule has 6 nitrogen and oxygen atoms in total. The molecule has 0 aromatic carbocycles. The number of hydrogen-bond donors (Lipinski definition) is 2. The number of carbonyl (C=O) groups excluding carboxylic acids is 1. The van der Waals surface area contributed by atoms with E-state index in [0.717, 1.165) is 16.3 Å². The van der Waals surface area contributed by atoms with Crippen molar-refractivity contribution in [2.75, 3.05) is 11.9 Å². The number of aryl methyl sites for hydroxylation is 1. The minimum atomic E-state index is -0.300. The maximum Gasteiger partial charge on any atom is 0.275 e. The minimum Gasteiger partial charge on any atom is -0.394 e. The fourth-order valence-electron chi connectivity index (χ4n) is 2.18. The first-order valence-corrected chi connectivity index (χ1v) is 8.03. The standard InChI is InChI=1S/C16H16N4O2S/c1-11-4-2-5-12(17-11)16(22)18-15-10-13(14-6-3-9-23-14)19-20(15)7-8-21/h2-6,9-10,21H,7-8H2,1H3,(H,18,22). The Morgan fingerprint density at radius 3 is 2.91 bits per heavy atom. The van der Waals surface area contributed by atoms with Gasteiger partial charge in [-0.2, -0.15) is 5.10 Å². The van der Waals surface area contributed by atoms with Crippen molar-refractivity contribution in [1.29, 1.82) is 0 Å². The number of aromatic nitrogens is 3. The first kappa shape index (κ1) is 15.4. The lowest BCUT2D eigenvalue weighted by atomic mass is 10.3. The summed E-state index contributed by atoms with van der Waals surface area (Å²) in [6, 6.07) is 11.0. The molecular formula is C16H16N4O2S. The van der Waals surface area contributed by atoms with Crippen LogP contribution in [0.15, 0.2) is 41.8 Å². The van der Waals surface area contributed by atoms with Gasteiger partial charge in [0.1, 0.15) is 17.2 Å². The van der Waals surface area contributed by atoms with E-state index >= 15 is 0 Å². The SMILES string of the molecule is Cc1cccc(C(=O)Nc2cc(-c3cccs3)nn2CCO)n1. The van der Waals surface area contributed by atoms with Crippen molar-refractivity contribution in [3.05, 3.63) is 53.2 Å². The van der Waals surface area contributed by atoms with Crippen molar-refractivity contribution >= 4 is 23.1 Å². The van der Waals surface area contributed by atoms with Crippen molar-refractivity contribution < 1.29 is 9.90 Å². The van der Waals surface area contributed by atoms with Gasteiger partial charge in [0.05, 0.1) is 18.0 Å². The zero-order chi connectivity index (χ0) is 16.2. The molecule has 0 aliphatic rings. The molecule has 0 spiro atoms. The summed E-state index contributed by atoms with van der Waals surface area (Å²) in [5.74, 6) is 0.237. The second kappa shape index (κ2) is 6.72. The Balaban J connectivity index is 1.88. The van der Waals surface area contributed by atoms with Crippen LogP contribution in [0.2, 0.25) is 0 Å². The van der Waals surface area contributed by atoms with Gasteiger partial charge < -0.3 is 10.4 Å². The molecule has 23 heavy (non-hydrogen) atoms. The van der Waals surface area contributed by atoms with Crippen molar-refractivity contribution in [2.45, 2.75) is 13.5 Å². The minimum absolute atomic E-state index is 0.0584. The number of amides is 1. The third kappa shape index (κ3) is 3.46. The molecule has 3 heterocycles. The van der Waals surface area contributed by atoms with Crippen LogP contribution >= 0.6 is 11.3 Å². The van der Waals surface area contributed by atoms with Gasteiger partial charge in [-0.1, -0.05) is 12.1 Å². The highest BCUT2D eigenvalue weighted by Crippen LogP contribution is 2.26. The number of anilines is 1. The van der Waals surface area contributed by atoms with Crippen LogP contribution in [-0.2, 0) is 6.54 Å². The Labute approximate surface area is 137 Å². The third-order valence-electron chi connectivity index (χ3n) is 3.23. The molecule has 3 aromatic heterocycles. The molecule has 0 bridgehead atoms. The Morgan fingerprint density at radius 1 is 1.35 bits per heavy atom. The van der Waals surface area contributed by atoms with Gasteiger partial charge in [0, 0.05) is 11.8 Å². The van der Waals surface area contributed by atoms with Gasteiger partial charge in [-0.3, -0.25) is 4.79 Å². The highest BCUT2D eigenvalue weighted by molar-refractivity contribution is 7.13. The molecule has 3 aromatic rings. The average Bonchev–Trinajstić information content (AvgIpc) is 3.18. The molecule has 3 rings (SSSR count). The summed E-state index contributed by atoms with van der Waals surface area (Å²) >= 11 is 1.57. The lowest BCUT2D eigenvalue weighted by molar-refractivity contribution is 0.102. The maximum absolute atomic E-state index is 12.3.